The lowest BCUT2D eigenvalue weighted by atomic mass is 9.85. The van der Waals surface area contributed by atoms with Gasteiger partial charge in [-0.25, -0.2) is 4.57 Å². The van der Waals surface area contributed by atoms with E-state index in [9.17, 15) is 14.8 Å². The van der Waals surface area contributed by atoms with Crippen molar-refractivity contribution in [2.24, 2.45) is 10.7 Å². The van der Waals surface area contributed by atoms with Gasteiger partial charge in [-0.15, -0.1) is 0 Å². The Balaban J connectivity index is 2.20. The van der Waals surface area contributed by atoms with Crippen molar-refractivity contribution < 1.29 is 24.6 Å². The first-order chi connectivity index (χ1) is 10.2. The summed E-state index contributed by atoms with van der Waals surface area (Å²) in [5, 5.41) is 18.8. The monoisotopic (exact) mass is 323 g/mol. The summed E-state index contributed by atoms with van der Waals surface area (Å²) in [6, 6.07) is 6.80. The SMILES string of the molecule is CC(CC1C=CC(O)=CC1=NP(=O)(O)O)c1ccc(O)cc1. The number of aliphatic hydroxyl groups excluding tert-OH is 1. The number of nitrogens with zero attached hydrogens (tertiary/aromatic N) is 1. The van der Waals surface area contributed by atoms with Crippen LogP contribution in [-0.4, -0.2) is 25.7 Å². The molecule has 2 atom stereocenters. The van der Waals surface area contributed by atoms with Gasteiger partial charge in [-0.1, -0.05) is 25.1 Å². The Morgan fingerprint density at radius 3 is 2.45 bits per heavy atom. The Morgan fingerprint density at radius 1 is 1.23 bits per heavy atom. The molecule has 118 valence electrons. The van der Waals surface area contributed by atoms with Crippen LogP contribution in [0.1, 0.15) is 24.8 Å². The van der Waals surface area contributed by atoms with E-state index in [2.05, 4.69) is 4.76 Å². The van der Waals surface area contributed by atoms with Crippen LogP contribution in [0.3, 0.4) is 0 Å². The number of rotatable bonds is 4. The third-order valence-electron chi connectivity index (χ3n) is 3.49. The van der Waals surface area contributed by atoms with Crippen molar-refractivity contribution in [2.75, 3.05) is 0 Å². The van der Waals surface area contributed by atoms with Crippen LogP contribution in [-0.2, 0) is 4.57 Å². The Kier molecular flexibility index (Phi) is 4.86. The van der Waals surface area contributed by atoms with Crippen molar-refractivity contribution in [1.82, 2.24) is 0 Å². The summed E-state index contributed by atoms with van der Waals surface area (Å²) < 4.78 is 14.5. The van der Waals surface area contributed by atoms with Crippen LogP contribution in [0.2, 0.25) is 0 Å². The minimum Gasteiger partial charge on any atom is -0.508 e. The highest BCUT2D eigenvalue weighted by Crippen LogP contribution is 2.39. The maximum atomic E-state index is 11.1. The first-order valence-corrected chi connectivity index (χ1v) is 8.34. The summed E-state index contributed by atoms with van der Waals surface area (Å²) in [6.45, 7) is 1.98. The minimum absolute atomic E-state index is 0.0827. The number of aliphatic hydroxyl groups is 1. The maximum Gasteiger partial charge on any atom is 0.448 e. The van der Waals surface area contributed by atoms with Gasteiger partial charge in [-0.3, -0.25) is 0 Å². The van der Waals surface area contributed by atoms with Crippen LogP contribution in [0, 0.1) is 5.92 Å². The van der Waals surface area contributed by atoms with E-state index in [1.54, 1.807) is 30.3 Å². The van der Waals surface area contributed by atoms with Crippen molar-refractivity contribution in [2.45, 2.75) is 19.3 Å². The van der Waals surface area contributed by atoms with E-state index in [0.717, 1.165) is 5.56 Å². The van der Waals surface area contributed by atoms with Gasteiger partial charge in [0.15, 0.2) is 0 Å². The molecular formula is C15H18NO5P. The Labute approximate surface area is 128 Å². The molecule has 22 heavy (non-hydrogen) atoms. The molecule has 0 saturated heterocycles. The molecule has 0 saturated carbocycles. The van der Waals surface area contributed by atoms with Gasteiger partial charge in [0.1, 0.15) is 11.5 Å². The zero-order valence-electron chi connectivity index (χ0n) is 12.0. The third kappa shape index (κ3) is 4.56. The predicted molar refractivity (Wildman–Crippen MR) is 84.0 cm³/mol. The number of phenolic OH excluding ortho intramolecular Hbond substituents is 1. The molecule has 0 spiro atoms. The highest BCUT2D eigenvalue weighted by atomic mass is 31.2. The zero-order valence-corrected chi connectivity index (χ0v) is 12.9. The summed E-state index contributed by atoms with van der Waals surface area (Å²) in [5.74, 6) is -0.107. The standard InChI is InChI=1S/C15H18NO5P/c1-10(11-2-5-13(17)6-3-11)8-12-4-7-14(18)9-15(12)16-22(19,20)21/h2-7,9-10,12,17-18H,8H2,1H3,(H2,19,20,21). The maximum absolute atomic E-state index is 11.1. The fourth-order valence-electron chi connectivity index (χ4n) is 2.39. The van der Waals surface area contributed by atoms with Gasteiger partial charge in [0.25, 0.3) is 0 Å². The molecule has 4 N–H and O–H groups in total. The zero-order chi connectivity index (χ0) is 16.3. The molecule has 0 heterocycles. The number of phenols is 1. The molecule has 0 bridgehead atoms. The number of benzene rings is 1. The second-order valence-corrected chi connectivity index (χ2v) is 6.53. The van der Waals surface area contributed by atoms with Crippen molar-refractivity contribution in [3.8, 4) is 5.75 Å². The highest BCUT2D eigenvalue weighted by Gasteiger charge is 2.23. The molecule has 2 unspecified atom stereocenters. The molecule has 0 fully saturated rings. The van der Waals surface area contributed by atoms with E-state index >= 15 is 0 Å². The second kappa shape index (κ2) is 6.48. The highest BCUT2D eigenvalue weighted by molar-refractivity contribution is 7.50. The first-order valence-electron chi connectivity index (χ1n) is 6.78. The average Bonchev–Trinajstić information content (AvgIpc) is 2.41. The minimum atomic E-state index is -4.55. The fourth-order valence-corrected chi connectivity index (χ4v) is 2.90. The summed E-state index contributed by atoms with van der Waals surface area (Å²) in [4.78, 5) is 18.0. The van der Waals surface area contributed by atoms with E-state index in [0.29, 0.717) is 6.42 Å². The van der Waals surface area contributed by atoms with Gasteiger partial charge < -0.3 is 20.0 Å². The Hall–Kier alpha value is -1.88. The lowest BCUT2D eigenvalue weighted by Crippen LogP contribution is -2.16. The normalized spacial score (nSPS) is 21.7. The largest absolute Gasteiger partial charge is 0.508 e. The van der Waals surface area contributed by atoms with Gasteiger partial charge in [-0.2, -0.15) is 4.76 Å². The molecule has 0 aromatic heterocycles. The molecule has 0 amide bonds. The topological polar surface area (TPSA) is 110 Å². The van der Waals surface area contributed by atoms with E-state index < -0.39 is 7.75 Å². The second-order valence-electron chi connectivity index (χ2n) is 5.30. The molecule has 0 radical (unpaired) electrons. The van der Waals surface area contributed by atoms with E-state index in [1.807, 2.05) is 6.92 Å². The van der Waals surface area contributed by atoms with E-state index in [4.69, 9.17) is 9.79 Å². The van der Waals surface area contributed by atoms with Gasteiger partial charge in [0.05, 0.1) is 5.71 Å². The first kappa shape index (κ1) is 16.5. The molecule has 1 aliphatic carbocycles. The van der Waals surface area contributed by atoms with Gasteiger partial charge in [0.2, 0.25) is 0 Å². The van der Waals surface area contributed by atoms with Gasteiger partial charge in [0, 0.05) is 12.0 Å². The van der Waals surface area contributed by atoms with Crippen molar-refractivity contribution in [3.05, 3.63) is 53.8 Å². The Bertz CT molecular complexity index is 672. The number of hydrogen-bond acceptors (Lipinski definition) is 3. The summed E-state index contributed by atoms with van der Waals surface area (Å²) in [7, 11) is -4.55. The van der Waals surface area contributed by atoms with Crippen LogP contribution in [0.4, 0.5) is 0 Å². The van der Waals surface area contributed by atoms with Crippen molar-refractivity contribution >= 4 is 13.5 Å². The number of allylic oxidation sites excluding steroid dienone is 3. The summed E-state index contributed by atoms with van der Waals surface area (Å²) in [6.07, 6.45) is 5.02. The van der Waals surface area contributed by atoms with E-state index in [1.165, 1.54) is 12.2 Å². The average molecular weight is 323 g/mol. The molecule has 1 aliphatic rings. The van der Waals surface area contributed by atoms with Crippen molar-refractivity contribution in [3.63, 3.8) is 0 Å². The summed E-state index contributed by atoms with van der Waals surface area (Å²) in [5.41, 5.74) is 1.17. The predicted octanol–water partition coefficient (Wildman–Crippen LogP) is 3.05. The van der Waals surface area contributed by atoms with Crippen LogP contribution in [0.25, 0.3) is 0 Å². The van der Waals surface area contributed by atoms with Gasteiger partial charge >= 0.3 is 7.75 Å². The lowest BCUT2D eigenvalue weighted by molar-refractivity contribution is 0.375. The van der Waals surface area contributed by atoms with Crippen LogP contribution >= 0.6 is 7.75 Å². The fraction of sp³-hybridized carbons (Fsp3) is 0.267. The Morgan fingerprint density at radius 2 is 1.86 bits per heavy atom. The molecule has 1 aromatic rings. The van der Waals surface area contributed by atoms with Crippen LogP contribution in [0.5, 0.6) is 5.75 Å². The summed E-state index contributed by atoms with van der Waals surface area (Å²) >= 11 is 0. The number of hydrogen-bond donors (Lipinski definition) is 4. The lowest BCUT2D eigenvalue weighted by Gasteiger charge is -2.21. The molecule has 7 heteroatoms. The van der Waals surface area contributed by atoms with Crippen LogP contribution in [0.15, 0.2) is 53.0 Å². The third-order valence-corrected chi connectivity index (χ3v) is 3.98. The number of aromatic hydroxyl groups is 1. The van der Waals surface area contributed by atoms with Crippen LogP contribution < -0.4 is 0 Å². The van der Waals surface area contributed by atoms with Crippen molar-refractivity contribution in [1.29, 1.82) is 0 Å². The molecular weight excluding hydrogens is 305 g/mol. The smallest absolute Gasteiger partial charge is 0.448 e. The van der Waals surface area contributed by atoms with Gasteiger partial charge in [-0.05, 0) is 36.1 Å². The van der Waals surface area contributed by atoms with E-state index in [-0.39, 0.29) is 29.1 Å². The quantitative estimate of drug-likeness (QED) is 0.637. The molecule has 1 aromatic carbocycles. The molecule has 0 aliphatic heterocycles. The molecule has 6 nitrogen and oxygen atoms in total. The molecule has 2 rings (SSSR count).